The average Bonchev–Trinajstić information content (AvgIpc) is 3.25. The van der Waals surface area contributed by atoms with Gasteiger partial charge in [-0.3, -0.25) is 14.3 Å². The topological polar surface area (TPSA) is 76.4 Å². The van der Waals surface area contributed by atoms with Crippen molar-refractivity contribution in [2.45, 2.75) is 38.3 Å². The lowest BCUT2D eigenvalue weighted by molar-refractivity contribution is -0.138. The summed E-state index contributed by atoms with van der Waals surface area (Å²) >= 11 is 0. The van der Waals surface area contributed by atoms with Gasteiger partial charge in [-0.2, -0.15) is 15.2 Å². The molecule has 0 radical (unpaired) electrons. The first-order valence-electron chi connectivity index (χ1n) is 11.6. The van der Waals surface area contributed by atoms with Gasteiger partial charge < -0.3 is 9.64 Å². The van der Waals surface area contributed by atoms with Crippen molar-refractivity contribution in [1.29, 1.82) is 0 Å². The number of likely N-dealkylation sites (tertiary alicyclic amines) is 2. The molecule has 0 atom stereocenters. The van der Waals surface area contributed by atoms with Gasteiger partial charge in [0.1, 0.15) is 5.52 Å². The number of ether oxygens (including phenoxy) is 1. The van der Waals surface area contributed by atoms with Crippen molar-refractivity contribution in [1.82, 2.24) is 29.5 Å². The van der Waals surface area contributed by atoms with Gasteiger partial charge in [-0.1, -0.05) is 6.07 Å². The summed E-state index contributed by atoms with van der Waals surface area (Å²) in [5.74, 6) is 0.0157. The van der Waals surface area contributed by atoms with E-state index in [1.165, 1.54) is 6.07 Å². The van der Waals surface area contributed by atoms with Gasteiger partial charge in [0.2, 0.25) is 5.91 Å². The highest BCUT2D eigenvalue weighted by atomic mass is 19.1. The average molecular weight is 453 g/mol. The van der Waals surface area contributed by atoms with Crippen LogP contribution in [0.15, 0.2) is 36.7 Å². The largest absolute Gasteiger partial charge is 0.468 e. The van der Waals surface area contributed by atoms with E-state index in [0.717, 1.165) is 56.4 Å². The highest BCUT2D eigenvalue weighted by Crippen LogP contribution is 2.33. The van der Waals surface area contributed by atoms with Crippen LogP contribution in [0.2, 0.25) is 0 Å². The van der Waals surface area contributed by atoms with E-state index >= 15 is 0 Å². The molecule has 174 valence electrons. The fourth-order valence-electron chi connectivity index (χ4n) is 5.17. The number of benzene rings is 1. The van der Waals surface area contributed by atoms with E-state index in [4.69, 9.17) is 4.74 Å². The maximum atomic E-state index is 14.2. The molecule has 4 heterocycles. The number of methoxy groups -OCH3 is 1. The van der Waals surface area contributed by atoms with E-state index in [0.29, 0.717) is 24.6 Å². The van der Waals surface area contributed by atoms with Gasteiger partial charge in [0, 0.05) is 37.8 Å². The van der Waals surface area contributed by atoms with Crippen LogP contribution in [-0.2, 0) is 11.3 Å². The van der Waals surface area contributed by atoms with Gasteiger partial charge in [-0.15, -0.1) is 0 Å². The lowest BCUT2D eigenvalue weighted by atomic mass is 9.93. The molecule has 0 unspecified atom stereocenters. The van der Waals surface area contributed by atoms with Gasteiger partial charge in [0.15, 0.2) is 5.82 Å². The van der Waals surface area contributed by atoms with E-state index in [-0.39, 0.29) is 23.7 Å². The quantitative estimate of drug-likeness (QED) is 0.592. The molecule has 0 bridgehead atoms. The summed E-state index contributed by atoms with van der Waals surface area (Å²) < 4.78 is 21.7. The van der Waals surface area contributed by atoms with Gasteiger partial charge >= 0.3 is 0 Å². The lowest BCUT2D eigenvalue weighted by Gasteiger charge is -2.37. The van der Waals surface area contributed by atoms with E-state index in [2.05, 4.69) is 20.1 Å². The Morgan fingerprint density at radius 3 is 2.58 bits per heavy atom. The number of hydrogen-bond acceptors (Lipinski definition) is 6. The van der Waals surface area contributed by atoms with Crippen molar-refractivity contribution < 1.29 is 13.9 Å². The molecule has 2 aliphatic heterocycles. The summed E-state index contributed by atoms with van der Waals surface area (Å²) in [6.45, 7) is 4.08. The van der Waals surface area contributed by atoms with Crippen LogP contribution in [0.5, 0.6) is 6.01 Å². The summed E-state index contributed by atoms with van der Waals surface area (Å²) in [4.78, 5) is 21.9. The SMILES string of the molecule is COc1nc2c(F)cccc2n1C1CCN(C(=O)C2CCN(Cc3ccnnc3)CC2)CC1. The van der Waals surface area contributed by atoms with Crippen molar-refractivity contribution in [3.63, 3.8) is 0 Å². The maximum Gasteiger partial charge on any atom is 0.297 e. The first-order valence-corrected chi connectivity index (χ1v) is 11.6. The second kappa shape index (κ2) is 9.43. The first kappa shape index (κ1) is 21.8. The summed E-state index contributed by atoms with van der Waals surface area (Å²) in [5.41, 5.74) is 2.23. The minimum absolute atomic E-state index is 0.0890. The molecule has 2 fully saturated rings. The summed E-state index contributed by atoms with van der Waals surface area (Å²) in [7, 11) is 1.56. The number of halogens is 1. The van der Waals surface area contributed by atoms with Crippen LogP contribution in [0.25, 0.3) is 11.0 Å². The Morgan fingerprint density at radius 1 is 1.09 bits per heavy atom. The zero-order valence-corrected chi connectivity index (χ0v) is 18.9. The Kier molecular flexibility index (Phi) is 6.22. The van der Waals surface area contributed by atoms with E-state index in [1.807, 2.05) is 21.6 Å². The van der Waals surface area contributed by atoms with E-state index in [1.54, 1.807) is 25.6 Å². The Balaban J connectivity index is 1.18. The summed E-state index contributed by atoms with van der Waals surface area (Å²) in [5, 5.41) is 7.77. The molecule has 8 nitrogen and oxygen atoms in total. The highest BCUT2D eigenvalue weighted by molar-refractivity contribution is 5.79. The van der Waals surface area contributed by atoms with Crippen molar-refractivity contribution >= 4 is 16.9 Å². The van der Waals surface area contributed by atoms with Crippen LogP contribution in [0.4, 0.5) is 4.39 Å². The number of carbonyl (C=O) groups is 1. The van der Waals surface area contributed by atoms with Gasteiger partial charge in [0.25, 0.3) is 6.01 Å². The Morgan fingerprint density at radius 2 is 1.88 bits per heavy atom. The zero-order valence-electron chi connectivity index (χ0n) is 18.9. The van der Waals surface area contributed by atoms with Crippen LogP contribution < -0.4 is 4.74 Å². The number of rotatable bonds is 5. The third-order valence-electron chi connectivity index (χ3n) is 6.95. The minimum Gasteiger partial charge on any atom is -0.468 e. The molecule has 0 aliphatic carbocycles. The van der Waals surface area contributed by atoms with E-state index < -0.39 is 0 Å². The molecular formula is C24H29FN6O2. The van der Waals surface area contributed by atoms with Gasteiger partial charge in [-0.25, -0.2) is 4.39 Å². The zero-order chi connectivity index (χ0) is 22.8. The number of hydrogen-bond donors (Lipinski definition) is 0. The normalized spacial score (nSPS) is 18.7. The number of para-hydroxylation sites is 1. The van der Waals surface area contributed by atoms with Crippen LogP contribution in [0.3, 0.4) is 0 Å². The molecule has 3 aromatic rings. The highest BCUT2D eigenvalue weighted by Gasteiger charge is 2.32. The molecule has 0 spiro atoms. The number of fused-ring (bicyclic) bond motifs is 1. The van der Waals surface area contributed by atoms with Crippen molar-refractivity contribution in [3.05, 3.63) is 48.0 Å². The molecular weight excluding hydrogens is 423 g/mol. The second-order valence-corrected chi connectivity index (χ2v) is 8.93. The Bertz CT molecular complexity index is 1100. The number of piperidine rings is 2. The first-order chi connectivity index (χ1) is 16.1. The Labute approximate surface area is 192 Å². The lowest BCUT2D eigenvalue weighted by Crippen LogP contribution is -2.45. The molecule has 0 saturated carbocycles. The smallest absolute Gasteiger partial charge is 0.297 e. The van der Waals surface area contributed by atoms with Crippen LogP contribution >= 0.6 is 0 Å². The van der Waals surface area contributed by atoms with Crippen molar-refractivity contribution in [3.8, 4) is 6.01 Å². The molecule has 0 N–H and O–H groups in total. The Hall–Kier alpha value is -3.07. The van der Waals surface area contributed by atoms with E-state index in [9.17, 15) is 9.18 Å². The summed E-state index contributed by atoms with van der Waals surface area (Å²) in [6.07, 6.45) is 6.89. The molecule has 5 rings (SSSR count). The fourth-order valence-corrected chi connectivity index (χ4v) is 5.17. The molecule has 2 aromatic heterocycles. The molecule has 2 saturated heterocycles. The number of amides is 1. The number of nitrogens with zero attached hydrogens (tertiary/aromatic N) is 6. The van der Waals surface area contributed by atoms with Crippen molar-refractivity contribution in [2.24, 2.45) is 5.92 Å². The van der Waals surface area contributed by atoms with Crippen molar-refractivity contribution in [2.75, 3.05) is 33.3 Å². The molecule has 33 heavy (non-hydrogen) atoms. The predicted octanol–water partition coefficient (Wildman–Crippen LogP) is 3.05. The number of imidazole rings is 1. The molecule has 1 aromatic carbocycles. The molecule has 1 amide bonds. The monoisotopic (exact) mass is 452 g/mol. The summed E-state index contributed by atoms with van der Waals surface area (Å²) in [6, 6.07) is 7.54. The fraction of sp³-hybridized carbons (Fsp3) is 0.500. The minimum atomic E-state index is -0.344. The maximum absolute atomic E-state index is 14.2. The predicted molar refractivity (Wildman–Crippen MR) is 121 cm³/mol. The number of carbonyl (C=O) groups excluding carboxylic acids is 1. The van der Waals surface area contributed by atoms with Gasteiger partial charge in [0.05, 0.1) is 18.8 Å². The third-order valence-corrected chi connectivity index (χ3v) is 6.95. The molecule has 9 heteroatoms. The van der Waals surface area contributed by atoms with Crippen LogP contribution in [-0.4, -0.2) is 68.7 Å². The second-order valence-electron chi connectivity index (χ2n) is 8.93. The third kappa shape index (κ3) is 4.42. The van der Waals surface area contributed by atoms with Crippen LogP contribution in [0, 0.1) is 11.7 Å². The van der Waals surface area contributed by atoms with Gasteiger partial charge in [-0.05, 0) is 62.5 Å². The van der Waals surface area contributed by atoms with Crippen LogP contribution in [0.1, 0.15) is 37.3 Å². The molecule has 2 aliphatic rings. The standard InChI is InChI=1S/C24H29FN6O2/c1-33-24-28-22-20(25)3-2-4-21(22)31(24)19-8-13-30(14-9-19)23(32)18-6-11-29(12-7-18)16-17-5-10-26-27-15-17/h2-5,10,15,18-19H,6-9,11-14,16H2,1H3. The number of aromatic nitrogens is 4.